The normalized spacial score (nSPS) is 51.5. The SMILES string of the molecule is C[C@H](CCC(OC1OC(COC2OCC(O)C(O)C2O)C(O)C(O)C1O)C(C)(C)C)[C@H]1CC[C@@]2(C)C3CC=C4[C@@H](CC[C@H](OC5OC(COC6OCC(O)C(O)C6O)C(O)C(O)C5O)C4(C)C)[C@]3(C)[C@H](O)C[C@]12C. The van der Waals surface area contributed by atoms with E-state index in [0.717, 1.165) is 25.7 Å². The largest absolute Gasteiger partial charge is 0.393 e. The molecule has 13 N–H and O–H groups in total. The molecule has 0 bridgehead atoms. The summed E-state index contributed by atoms with van der Waals surface area (Å²) in [5.74, 6) is 0.688. The van der Waals surface area contributed by atoms with Gasteiger partial charge in [0.2, 0.25) is 0 Å². The molecular formula is C53H90O21. The maximum absolute atomic E-state index is 12.7. The average Bonchev–Trinajstić information content (AvgIpc) is 3.61. The molecule has 4 aliphatic carbocycles. The van der Waals surface area contributed by atoms with Gasteiger partial charge in [0.1, 0.15) is 85.5 Å². The second-order valence-corrected chi connectivity index (χ2v) is 25.7. The van der Waals surface area contributed by atoms with Crippen LogP contribution in [0.5, 0.6) is 0 Å². The molecule has 0 spiro atoms. The molecule has 0 amide bonds. The molecule has 0 radical (unpaired) electrons. The first-order valence-electron chi connectivity index (χ1n) is 27.1. The molecule has 4 aliphatic heterocycles. The lowest BCUT2D eigenvalue weighted by Gasteiger charge is -2.67. The van der Waals surface area contributed by atoms with Crippen molar-refractivity contribution in [2.75, 3.05) is 26.4 Å². The van der Waals surface area contributed by atoms with E-state index in [9.17, 15) is 66.4 Å². The average molecular weight is 1060 g/mol. The molecule has 0 aromatic rings. The van der Waals surface area contributed by atoms with Crippen LogP contribution in [0.4, 0.5) is 0 Å². The summed E-state index contributed by atoms with van der Waals surface area (Å²) in [6.45, 7) is 18.3. The van der Waals surface area contributed by atoms with Crippen LogP contribution < -0.4 is 0 Å². The second kappa shape index (κ2) is 22.1. The highest BCUT2D eigenvalue weighted by atomic mass is 16.7. The minimum absolute atomic E-state index is 0.0347. The molecule has 74 heavy (non-hydrogen) atoms. The quantitative estimate of drug-likeness (QED) is 0.0959. The van der Waals surface area contributed by atoms with Gasteiger partial charge in [-0.2, -0.15) is 0 Å². The van der Waals surface area contributed by atoms with E-state index >= 15 is 0 Å². The number of rotatable bonds is 14. The van der Waals surface area contributed by atoms with Crippen molar-refractivity contribution in [3.8, 4) is 0 Å². The van der Waals surface area contributed by atoms with Crippen molar-refractivity contribution in [1.29, 1.82) is 0 Å². The van der Waals surface area contributed by atoms with Gasteiger partial charge in [-0.05, 0) is 91.3 Å². The first kappa shape index (κ1) is 59.0. The predicted octanol–water partition coefficient (Wildman–Crippen LogP) is -0.678. The Morgan fingerprint density at radius 1 is 0.608 bits per heavy atom. The molecule has 21 nitrogen and oxygen atoms in total. The third-order valence-electron chi connectivity index (χ3n) is 20.1. The summed E-state index contributed by atoms with van der Waals surface area (Å²) < 4.78 is 47.1. The smallest absolute Gasteiger partial charge is 0.187 e. The van der Waals surface area contributed by atoms with Crippen LogP contribution in [0, 0.1) is 50.7 Å². The minimum atomic E-state index is -1.65. The lowest BCUT2D eigenvalue weighted by atomic mass is 9.38. The van der Waals surface area contributed by atoms with Crippen molar-refractivity contribution in [1.82, 2.24) is 0 Å². The van der Waals surface area contributed by atoms with Gasteiger partial charge >= 0.3 is 0 Å². The molecule has 21 heteroatoms. The first-order chi connectivity index (χ1) is 34.5. The van der Waals surface area contributed by atoms with E-state index in [4.69, 9.17) is 37.9 Å². The molecule has 0 aromatic carbocycles. The van der Waals surface area contributed by atoms with E-state index in [-0.39, 0.29) is 60.9 Å². The van der Waals surface area contributed by atoms with E-state index in [1.165, 1.54) is 5.57 Å². The highest BCUT2D eigenvalue weighted by Crippen LogP contribution is 2.75. The summed E-state index contributed by atoms with van der Waals surface area (Å²) in [6.07, 6.45) is -19.3. The van der Waals surface area contributed by atoms with Crippen LogP contribution in [0.25, 0.3) is 0 Å². The summed E-state index contributed by atoms with van der Waals surface area (Å²) in [6, 6.07) is 0. The molecule has 4 heterocycles. The van der Waals surface area contributed by atoms with E-state index in [1.54, 1.807) is 0 Å². The van der Waals surface area contributed by atoms with E-state index in [2.05, 4.69) is 47.6 Å². The summed E-state index contributed by atoms with van der Waals surface area (Å²) in [7, 11) is 0. The zero-order chi connectivity index (χ0) is 54.4. The summed E-state index contributed by atoms with van der Waals surface area (Å²) in [5.41, 5.74) is -0.635. The lowest BCUT2D eigenvalue weighted by Crippen LogP contribution is -2.65. The number of aliphatic hydroxyl groups is 13. The number of fused-ring (bicyclic) bond motifs is 5. The van der Waals surface area contributed by atoms with Crippen molar-refractivity contribution in [2.24, 2.45) is 50.7 Å². The third kappa shape index (κ3) is 10.5. The van der Waals surface area contributed by atoms with Crippen LogP contribution in [0.2, 0.25) is 0 Å². The topological polar surface area (TPSA) is 337 Å². The molecule has 0 aromatic heterocycles. The van der Waals surface area contributed by atoms with E-state index < -0.39 is 145 Å². The fraction of sp³-hybridized carbons (Fsp3) is 0.962. The van der Waals surface area contributed by atoms with Crippen LogP contribution in [0.3, 0.4) is 0 Å². The standard InChI is InChI=1S/C53H90O21/c1-23(10-14-33(49(2,3)4)73-47-43(65)39(61)37(59)29(71-47)21-69-45-41(63)35(57)27(54)19-67-45)24-16-17-51(7)31-13-11-25-26(53(31,9)32(56)18-52(24,51)8)12-15-34(50(25,5)6)74-48-44(66)40(62)38(60)30(72-48)22-70-46-42(64)36(58)28(55)20-68-46/h11,23-24,26-48,54-66H,10,12-22H2,1-9H3/t23-,24-,26-,27?,28?,29?,30?,31?,32-,33?,34+,35?,36?,37?,38?,39?,40?,41?,42?,43?,44?,45?,46?,47?,48?,51+,52-,53+/m1/s1. The van der Waals surface area contributed by atoms with Gasteiger partial charge in [-0.1, -0.05) is 74.0 Å². The van der Waals surface area contributed by atoms with Crippen molar-refractivity contribution >= 4 is 0 Å². The van der Waals surface area contributed by atoms with Crippen LogP contribution in [0.15, 0.2) is 11.6 Å². The number of hydrogen-bond acceptors (Lipinski definition) is 21. The molecule has 428 valence electrons. The predicted molar refractivity (Wildman–Crippen MR) is 259 cm³/mol. The molecule has 20 unspecified atom stereocenters. The Morgan fingerprint density at radius 3 is 1.66 bits per heavy atom. The summed E-state index contributed by atoms with van der Waals surface area (Å²) in [5, 5.41) is 139. The molecule has 3 saturated carbocycles. The monoisotopic (exact) mass is 1060 g/mol. The first-order valence-corrected chi connectivity index (χ1v) is 27.1. The Bertz CT molecular complexity index is 1920. The highest BCUT2D eigenvalue weighted by molar-refractivity contribution is 5.32. The fourth-order valence-electron chi connectivity index (χ4n) is 15.1. The summed E-state index contributed by atoms with van der Waals surface area (Å²) in [4.78, 5) is 0. The zero-order valence-electron chi connectivity index (χ0n) is 44.6. The Hall–Kier alpha value is -1.10. The molecule has 8 rings (SSSR count). The van der Waals surface area contributed by atoms with Gasteiger partial charge < -0.3 is 104 Å². The van der Waals surface area contributed by atoms with Crippen molar-refractivity contribution in [3.63, 3.8) is 0 Å². The molecule has 28 atom stereocenters. The molecule has 4 saturated heterocycles. The zero-order valence-corrected chi connectivity index (χ0v) is 44.6. The van der Waals surface area contributed by atoms with Crippen LogP contribution in [-0.2, 0) is 37.9 Å². The fourth-order valence-corrected chi connectivity index (χ4v) is 15.1. The Balaban J connectivity index is 0.911. The molecular weight excluding hydrogens is 973 g/mol. The number of hydrogen-bond donors (Lipinski definition) is 13. The second-order valence-electron chi connectivity index (χ2n) is 25.7. The molecule has 7 fully saturated rings. The number of ether oxygens (including phenoxy) is 8. The van der Waals surface area contributed by atoms with E-state index in [1.807, 2.05) is 20.8 Å². The molecule has 8 aliphatic rings. The third-order valence-corrected chi connectivity index (χ3v) is 20.1. The summed E-state index contributed by atoms with van der Waals surface area (Å²) >= 11 is 0. The van der Waals surface area contributed by atoms with Gasteiger partial charge in [0.05, 0.1) is 44.7 Å². The van der Waals surface area contributed by atoms with Crippen LogP contribution >= 0.6 is 0 Å². The van der Waals surface area contributed by atoms with Crippen LogP contribution in [0.1, 0.15) is 114 Å². The Labute approximate surface area is 434 Å². The highest BCUT2D eigenvalue weighted by Gasteiger charge is 2.70. The van der Waals surface area contributed by atoms with Gasteiger partial charge in [-0.3, -0.25) is 0 Å². The maximum Gasteiger partial charge on any atom is 0.187 e. The maximum atomic E-state index is 12.7. The van der Waals surface area contributed by atoms with Gasteiger partial charge in [0, 0.05) is 10.8 Å². The number of allylic oxidation sites excluding steroid dienone is 1. The van der Waals surface area contributed by atoms with Gasteiger partial charge in [0.25, 0.3) is 0 Å². The Morgan fingerprint density at radius 2 is 1.12 bits per heavy atom. The van der Waals surface area contributed by atoms with Gasteiger partial charge in [-0.15, -0.1) is 0 Å². The van der Waals surface area contributed by atoms with Gasteiger partial charge in [-0.25, -0.2) is 0 Å². The van der Waals surface area contributed by atoms with Crippen molar-refractivity contribution < 1.29 is 104 Å². The minimum Gasteiger partial charge on any atom is -0.393 e. The number of aliphatic hydroxyl groups excluding tert-OH is 13. The van der Waals surface area contributed by atoms with Crippen LogP contribution in [-0.4, -0.2) is 222 Å². The van der Waals surface area contributed by atoms with Gasteiger partial charge in [0.15, 0.2) is 25.2 Å². The van der Waals surface area contributed by atoms with Crippen molar-refractivity contribution in [3.05, 3.63) is 11.6 Å². The Kier molecular flexibility index (Phi) is 17.6. The van der Waals surface area contributed by atoms with E-state index in [0.29, 0.717) is 25.7 Å². The lowest BCUT2D eigenvalue weighted by molar-refractivity contribution is -0.333. The van der Waals surface area contributed by atoms with Crippen molar-refractivity contribution in [2.45, 2.75) is 243 Å².